The van der Waals surface area contributed by atoms with Gasteiger partial charge in [-0.05, 0) is 30.2 Å². The molecule has 0 fully saturated rings. The first kappa shape index (κ1) is 13.6. The van der Waals surface area contributed by atoms with E-state index in [2.05, 4.69) is 28.2 Å². The summed E-state index contributed by atoms with van der Waals surface area (Å²) in [5.74, 6) is -0.209. The third-order valence-corrected chi connectivity index (χ3v) is 3.22. The lowest BCUT2D eigenvalue weighted by Gasteiger charge is -2.16. The number of benzene rings is 1. The molecule has 4 heteroatoms. The van der Waals surface area contributed by atoms with Gasteiger partial charge in [-0.1, -0.05) is 22.9 Å². The molecule has 0 aromatic heterocycles. The highest BCUT2D eigenvalue weighted by Crippen LogP contribution is 2.17. The van der Waals surface area contributed by atoms with Gasteiger partial charge in [0.1, 0.15) is 5.82 Å². The van der Waals surface area contributed by atoms with Crippen molar-refractivity contribution in [2.75, 3.05) is 13.7 Å². The van der Waals surface area contributed by atoms with Gasteiger partial charge >= 0.3 is 0 Å². The van der Waals surface area contributed by atoms with Crippen LogP contribution in [-0.4, -0.2) is 19.8 Å². The monoisotopic (exact) mass is 289 g/mol. The second-order valence-corrected chi connectivity index (χ2v) is 4.53. The molecule has 1 aromatic rings. The van der Waals surface area contributed by atoms with Crippen molar-refractivity contribution in [2.45, 2.75) is 25.9 Å². The molecule has 0 heterocycles. The predicted molar refractivity (Wildman–Crippen MR) is 66.9 cm³/mol. The minimum absolute atomic E-state index is 0.209. The number of hydrogen-bond donors (Lipinski definition) is 1. The van der Waals surface area contributed by atoms with Crippen LogP contribution in [-0.2, 0) is 11.3 Å². The Kier molecular flexibility index (Phi) is 5.95. The molecule has 16 heavy (non-hydrogen) atoms. The fourth-order valence-corrected chi connectivity index (χ4v) is 1.84. The molecular weight excluding hydrogens is 273 g/mol. The summed E-state index contributed by atoms with van der Waals surface area (Å²) in [6.07, 6.45) is 0.987. The molecule has 0 radical (unpaired) electrons. The van der Waals surface area contributed by atoms with Crippen molar-refractivity contribution in [2.24, 2.45) is 0 Å². The summed E-state index contributed by atoms with van der Waals surface area (Å²) >= 11 is 3.40. The largest absolute Gasteiger partial charge is 0.383 e. The Bertz CT molecular complexity index is 333. The quantitative estimate of drug-likeness (QED) is 0.869. The molecule has 2 nitrogen and oxygen atoms in total. The van der Waals surface area contributed by atoms with Crippen molar-refractivity contribution in [3.8, 4) is 0 Å². The zero-order chi connectivity index (χ0) is 12.0. The number of hydrogen-bond acceptors (Lipinski definition) is 2. The summed E-state index contributed by atoms with van der Waals surface area (Å²) in [6.45, 7) is 3.40. The predicted octanol–water partition coefficient (Wildman–Crippen LogP) is 3.10. The van der Waals surface area contributed by atoms with Crippen molar-refractivity contribution in [3.05, 3.63) is 34.1 Å². The van der Waals surface area contributed by atoms with E-state index in [4.69, 9.17) is 4.74 Å². The Morgan fingerprint density at radius 1 is 1.50 bits per heavy atom. The fourth-order valence-electron chi connectivity index (χ4n) is 1.46. The molecule has 0 spiro atoms. The molecule has 1 rings (SSSR count). The molecule has 90 valence electrons. The molecule has 0 aliphatic rings. The van der Waals surface area contributed by atoms with Crippen LogP contribution in [0.25, 0.3) is 0 Å². The highest BCUT2D eigenvalue weighted by atomic mass is 79.9. The normalized spacial score (nSPS) is 12.8. The van der Waals surface area contributed by atoms with Crippen LogP contribution >= 0.6 is 15.9 Å². The second kappa shape index (κ2) is 6.99. The topological polar surface area (TPSA) is 21.3 Å². The van der Waals surface area contributed by atoms with E-state index in [0.29, 0.717) is 19.2 Å². The summed E-state index contributed by atoms with van der Waals surface area (Å²) in [7, 11) is 1.68. The molecule has 0 saturated heterocycles. The molecular formula is C12H17BrFNO. The van der Waals surface area contributed by atoms with Gasteiger partial charge in [-0.25, -0.2) is 4.39 Å². The molecule has 0 amide bonds. The van der Waals surface area contributed by atoms with Crippen molar-refractivity contribution >= 4 is 15.9 Å². The maximum Gasteiger partial charge on any atom is 0.123 e. The highest BCUT2D eigenvalue weighted by molar-refractivity contribution is 9.10. The number of ether oxygens (including phenoxy) is 1. The van der Waals surface area contributed by atoms with Crippen LogP contribution in [0.2, 0.25) is 0 Å². The molecule has 1 unspecified atom stereocenters. The Morgan fingerprint density at radius 2 is 2.25 bits per heavy atom. The Balaban J connectivity index is 2.55. The highest BCUT2D eigenvalue weighted by Gasteiger charge is 2.07. The number of nitrogens with one attached hydrogen (secondary N) is 1. The van der Waals surface area contributed by atoms with Crippen molar-refractivity contribution < 1.29 is 9.13 Å². The molecule has 0 saturated carbocycles. The maximum atomic E-state index is 13.0. The second-order valence-electron chi connectivity index (χ2n) is 3.68. The minimum Gasteiger partial charge on any atom is -0.383 e. The maximum absolute atomic E-state index is 13.0. The SMILES string of the molecule is CCC(COC)NCc1cc(F)ccc1Br. The molecule has 1 N–H and O–H groups in total. The van der Waals surface area contributed by atoms with E-state index in [9.17, 15) is 4.39 Å². The third kappa shape index (κ3) is 4.20. The Labute approximate surface area is 104 Å². The first-order valence-electron chi connectivity index (χ1n) is 5.33. The molecule has 1 aromatic carbocycles. The number of methoxy groups -OCH3 is 1. The van der Waals surface area contributed by atoms with Crippen LogP contribution in [0, 0.1) is 5.82 Å². The van der Waals surface area contributed by atoms with Crippen molar-refractivity contribution in [3.63, 3.8) is 0 Å². The average Bonchev–Trinajstić information content (AvgIpc) is 2.28. The summed E-state index contributed by atoms with van der Waals surface area (Å²) in [6, 6.07) is 5.01. The lowest BCUT2D eigenvalue weighted by molar-refractivity contribution is 0.164. The number of rotatable bonds is 6. The van der Waals surface area contributed by atoms with E-state index >= 15 is 0 Å². The van der Waals surface area contributed by atoms with E-state index in [1.54, 1.807) is 13.2 Å². The summed E-state index contributed by atoms with van der Waals surface area (Å²) in [5.41, 5.74) is 0.926. The van der Waals surface area contributed by atoms with Crippen LogP contribution in [0.3, 0.4) is 0 Å². The lowest BCUT2D eigenvalue weighted by Crippen LogP contribution is -2.32. The first-order chi connectivity index (χ1) is 7.67. The van der Waals surface area contributed by atoms with E-state index in [0.717, 1.165) is 16.5 Å². The smallest absolute Gasteiger partial charge is 0.123 e. The minimum atomic E-state index is -0.209. The average molecular weight is 290 g/mol. The van der Waals surface area contributed by atoms with Gasteiger partial charge in [-0.3, -0.25) is 0 Å². The van der Waals surface area contributed by atoms with E-state index in [-0.39, 0.29) is 5.82 Å². The van der Waals surface area contributed by atoms with Crippen molar-refractivity contribution in [1.29, 1.82) is 0 Å². The first-order valence-corrected chi connectivity index (χ1v) is 6.13. The van der Waals surface area contributed by atoms with E-state index in [1.165, 1.54) is 12.1 Å². The van der Waals surface area contributed by atoms with Gasteiger partial charge in [-0.15, -0.1) is 0 Å². The summed E-state index contributed by atoms with van der Waals surface area (Å²) in [4.78, 5) is 0. The third-order valence-electron chi connectivity index (χ3n) is 2.45. The van der Waals surface area contributed by atoms with Gasteiger partial charge in [0.25, 0.3) is 0 Å². The van der Waals surface area contributed by atoms with Crippen LogP contribution in [0.4, 0.5) is 4.39 Å². The van der Waals surface area contributed by atoms with Gasteiger partial charge in [-0.2, -0.15) is 0 Å². The zero-order valence-electron chi connectivity index (χ0n) is 9.59. The van der Waals surface area contributed by atoms with Gasteiger partial charge < -0.3 is 10.1 Å². The molecule has 0 aliphatic carbocycles. The molecule has 0 aliphatic heterocycles. The van der Waals surface area contributed by atoms with E-state index in [1.807, 2.05) is 0 Å². The Hall–Kier alpha value is -0.450. The molecule has 0 bridgehead atoms. The summed E-state index contributed by atoms with van der Waals surface area (Å²) < 4.78 is 19.0. The fraction of sp³-hybridized carbons (Fsp3) is 0.500. The van der Waals surface area contributed by atoms with Gasteiger partial charge in [0.2, 0.25) is 0 Å². The standard InChI is InChI=1S/C12H17BrFNO/c1-3-11(8-16-2)15-7-9-6-10(14)4-5-12(9)13/h4-6,11,15H,3,7-8H2,1-2H3. The molecule has 1 atom stereocenters. The van der Waals surface area contributed by atoms with Crippen LogP contribution in [0.5, 0.6) is 0 Å². The summed E-state index contributed by atoms with van der Waals surface area (Å²) in [5, 5.41) is 3.33. The number of halogens is 2. The van der Waals surface area contributed by atoms with Gasteiger partial charge in [0.15, 0.2) is 0 Å². The Morgan fingerprint density at radius 3 is 2.88 bits per heavy atom. The zero-order valence-corrected chi connectivity index (χ0v) is 11.2. The van der Waals surface area contributed by atoms with Crippen LogP contribution < -0.4 is 5.32 Å². The van der Waals surface area contributed by atoms with Crippen LogP contribution in [0.15, 0.2) is 22.7 Å². The van der Waals surface area contributed by atoms with Gasteiger partial charge in [0, 0.05) is 24.2 Å². The van der Waals surface area contributed by atoms with Gasteiger partial charge in [0.05, 0.1) is 6.61 Å². The van der Waals surface area contributed by atoms with Crippen molar-refractivity contribution in [1.82, 2.24) is 5.32 Å². The van der Waals surface area contributed by atoms with E-state index < -0.39 is 0 Å². The van der Waals surface area contributed by atoms with Crippen LogP contribution in [0.1, 0.15) is 18.9 Å². The lowest BCUT2D eigenvalue weighted by atomic mass is 10.2.